The van der Waals surface area contributed by atoms with Gasteiger partial charge in [-0.15, -0.1) is 0 Å². The van der Waals surface area contributed by atoms with E-state index in [1.165, 1.54) is 31.4 Å². The Hall–Kier alpha value is -3.23. The second kappa shape index (κ2) is 9.33. The van der Waals surface area contributed by atoms with Gasteiger partial charge in [-0.2, -0.15) is 0 Å². The fraction of sp³-hybridized carbons (Fsp3) is 0.393. The number of carbonyl (C=O) groups excluding carboxylic acids is 3. The van der Waals surface area contributed by atoms with Crippen molar-refractivity contribution in [2.24, 2.45) is 0 Å². The number of phenolic OH excluding ortho intramolecular Hbond substituents is 2. The van der Waals surface area contributed by atoms with Gasteiger partial charge in [-0.25, -0.2) is 0 Å². The van der Waals surface area contributed by atoms with Gasteiger partial charge in [0.1, 0.15) is 17.4 Å². The van der Waals surface area contributed by atoms with Crippen LogP contribution in [-0.4, -0.2) is 48.8 Å². The van der Waals surface area contributed by atoms with Crippen molar-refractivity contribution in [1.29, 1.82) is 0 Å². The first-order valence-electron chi connectivity index (χ1n) is 12.4. The van der Waals surface area contributed by atoms with Gasteiger partial charge in [0.15, 0.2) is 14.1 Å². The highest BCUT2D eigenvalue weighted by molar-refractivity contribution is 6.73. The summed E-state index contributed by atoms with van der Waals surface area (Å²) in [5.41, 5.74) is -0.621. The lowest BCUT2D eigenvalue weighted by Crippen LogP contribution is -2.52. The molecule has 2 aliphatic carbocycles. The van der Waals surface area contributed by atoms with Crippen LogP contribution in [0.5, 0.6) is 11.5 Å². The summed E-state index contributed by atoms with van der Waals surface area (Å²) in [6, 6.07) is 8.43. The van der Waals surface area contributed by atoms with Crippen molar-refractivity contribution in [3.05, 3.63) is 63.7 Å². The van der Waals surface area contributed by atoms with Gasteiger partial charge in [0, 0.05) is 16.7 Å². The molecular weight excluding hydrogens is 476 g/mol. The molecule has 2 aromatic carbocycles. The summed E-state index contributed by atoms with van der Waals surface area (Å²) in [5, 5.41) is 21.6. The molecule has 2 atom stereocenters. The van der Waals surface area contributed by atoms with Crippen molar-refractivity contribution in [2.45, 2.75) is 63.8 Å². The first-order valence-corrected chi connectivity index (χ1v) is 15.0. The monoisotopic (exact) mass is 508 g/mol. The van der Waals surface area contributed by atoms with Crippen LogP contribution in [0.4, 0.5) is 0 Å². The van der Waals surface area contributed by atoms with E-state index in [0.29, 0.717) is 12.0 Å². The minimum atomic E-state index is -2.21. The van der Waals surface area contributed by atoms with E-state index in [9.17, 15) is 24.6 Å². The summed E-state index contributed by atoms with van der Waals surface area (Å²) in [4.78, 5) is 40.1. The molecule has 0 saturated carbocycles. The first kappa shape index (κ1) is 25.8. The number of fused-ring (bicyclic) bond motifs is 3. The third-order valence-corrected chi connectivity index (χ3v) is 12.7. The molecule has 0 aromatic heterocycles. The topological polar surface area (TPSA) is 110 Å². The summed E-state index contributed by atoms with van der Waals surface area (Å²) in [6.07, 6.45) is 3.94. The first-order chi connectivity index (χ1) is 17.1. The van der Waals surface area contributed by atoms with E-state index in [0.717, 1.165) is 18.1 Å². The van der Waals surface area contributed by atoms with Gasteiger partial charge in [0.2, 0.25) is 5.78 Å². The predicted molar refractivity (Wildman–Crippen MR) is 138 cm³/mol. The van der Waals surface area contributed by atoms with Crippen LogP contribution < -0.4 is 0 Å². The standard InChI is InChI=1S/C28H32O7Si/c1-6-28(35-36(7-2,8-3)9-4)14-13-16-18(23(28)27(33)34-5)15-19-22(25(16)31)26(32)21-17(24(19)30)11-10-12-20(21)29/h10-15,23,29,31H,6-9H2,1-5H3/t23-,28+/m0/s1. The average molecular weight is 509 g/mol. The van der Waals surface area contributed by atoms with E-state index >= 15 is 0 Å². The number of carbonyl (C=O) groups is 3. The third-order valence-electron chi connectivity index (χ3n) is 8.02. The molecule has 0 fully saturated rings. The largest absolute Gasteiger partial charge is 0.507 e. The number of benzene rings is 2. The Labute approximate surface area is 211 Å². The van der Waals surface area contributed by atoms with E-state index in [1.54, 1.807) is 12.2 Å². The van der Waals surface area contributed by atoms with Crippen molar-refractivity contribution in [2.75, 3.05) is 7.11 Å². The zero-order chi connectivity index (χ0) is 26.4. The molecule has 190 valence electrons. The summed E-state index contributed by atoms with van der Waals surface area (Å²) >= 11 is 0. The zero-order valence-corrected chi connectivity index (χ0v) is 22.3. The van der Waals surface area contributed by atoms with Crippen LogP contribution in [0.25, 0.3) is 6.08 Å². The Balaban J connectivity index is 1.98. The molecule has 0 aliphatic heterocycles. The van der Waals surface area contributed by atoms with Gasteiger partial charge >= 0.3 is 5.97 Å². The zero-order valence-electron chi connectivity index (χ0n) is 21.3. The van der Waals surface area contributed by atoms with E-state index < -0.39 is 43.1 Å². The van der Waals surface area contributed by atoms with Gasteiger partial charge in [-0.3, -0.25) is 14.4 Å². The molecule has 0 amide bonds. The fourth-order valence-electron chi connectivity index (χ4n) is 5.65. The fourth-order valence-corrected chi connectivity index (χ4v) is 8.72. The lowest BCUT2D eigenvalue weighted by Gasteiger charge is -2.46. The third kappa shape index (κ3) is 3.62. The van der Waals surface area contributed by atoms with Gasteiger partial charge in [-0.05, 0) is 42.2 Å². The smallest absolute Gasteiger partial charge is 0.316 e. The second-order valence-corrected chi connectivity index (χ2v) is 14.1. The molecule has 0 unspecified atom stereocenters. The maximum atomic E-state index is 13.5. The summed E-state index contributed by atoms with van der Waals surface area (Å²) in [7, 11) is -0.908. The molecule has 8 heteroatoms. The maximum absolute atomic E-state index is 13.5. The molecule has 7 nitrogen and oxygen atoms in total. The van der Waals surface area contributed by atoms with Crippen LogP contribution in [-0.2, 0) is 14.0 Å². The number of aromatic hydroxyl groups is 2. The highest BCUT2D eigenvalue weighted by Crippen LogP contribution is 2.50. The Kier molecular flexibility index (Phi) is 6.70. The van der Waals surface area contributed by atoms with Crippen LogP contribution in [0.1, 0.15) is 83.0 Å². The molecule has 0 radical (unpaired) electrons. The Bertz CT molecular complexity index is 1280. The maximum Gasteiger partial charge on any atom is 0.316 e. The number of ketones is 2. The number of ether oxygens (including phenoxy) is 1. The normalized spacial score (nSPS) is 20.5. The summed E-state index contributed by atoms with van der Waals surface area (Å²) < 4.78 is 12.2. The number of esters is 1. The molecule has 4 rings (SSSR count). The molecule has 0 bridgehead atoms. The number of rotatable bonds is 7. The number of methoxy groups -OCH3 is 1. The van der Waals surface area contributed by atoms with E-state index in [4.69, 9.17) is 9.16 Å². The molecule has 36 heavy (non-hydrogen) atoms. The van der Waals surface area contributed by atoms with Crippen molar-refractivity contribution < 1.29 is 33.8 Å². The van der Waals surface area contributed by atoms with E-state index in [1.807, 2.05) is 6.92 Å². The molecule has 2 N–H and O–H groups in total. The Morgan fingerprint density at radius 2 is 1.67 bits per heavy atom. The van der Waals surface area contributed by atoms with Crippen LogP contribution in [0.15, 0.2) is 30.3 Å². The van der Waals surface area contributed by atoms with Gasteiger partial charge in [0.05, 0.1) is 23.8 Å². The number of hydrogen-bond donors (Lipinski definition) is 2. The predicted octanol–water partition coefficient (Wildman–Crippen LogP) is 5.33. The van der Waals surface area contributed by atoms with Crippen LogP contribution in [0.3, 0.4) is 0 Å². The highest BCUT2D eigenvalue weighted by atomic mass is 28.4. The second-order valence-electron chi connectivity index (χ2n) is 9.45. The molecule has 2 aliphatic rings. The number of hydrogen-bond acceptors (Lipinski definition) is 7. The minimum Gasteiger partial charge on any atom is -0.507 e. The average Bonchev–Trinajstić information content (AvgIpc) is 2.89. The Morgan fingerprint density at radius 1 is 1.00 bits per heavy atom. The Morgan fingerprint density at radius 3 is 2.25 bits per heavy atom. The van der Waals surface area contributed by atoms with Crippen molar-refractivity contribution in [3.8, 4) is 11.5 Å². The number of phenols is 2. The van der Waals surface area contributed by atoms with E-state index in [2.05, 4.69) is 20.8 Å². The molecule has 0 heterocycles. The van der Waals surface area contributed by atoms with Gasteiger partial charge in [0.25, 0.3) is 0 Å². The van der Waals surface area contributed by atoms with Crippen molar-refractivity contribution >= 4 is 31.9 Å². The quantitative estimate of drug-likeness (QED) is 0.328. The van der Waals surface area contributed by atoms with Crippen molar-refractivity contribution in [1.82, 2.24) is 0 Å². The van der Waals surface area contributed by atoms with Crippen molar-refractivity contribution in [3.63, 3.8) is 0 Å². The molecule has 0 spiro atoms. The lowest BCUT2D eigenvalue weighted by atomic mass is 9.71. The molecule has 0 saturated heterocycles. The molecular formula is C28H32O7Si. The highest BCUT2D eigenvalue weighted by Gasteiger charge is 2.51. The lowest BCUT2D eigenvalue weighted by molar-refractivity contribution is -0.147. The summed E-state index contributed by atoms with van der Waals surface area (Å²) in [6.45, 7) is 8.26. The van der Waals surface area contributed by atoms with Gasteiger partial charge in [-0.1, -0.05) is 52.0 Å². The van der Waals surface area contributed by atoms with Crippen LogP contribution >= 0.6 is 0 Å². The molecule has 2 aromatic rings. The minimum absolute atomic E-state index is 0.00598. The summed E-state index contributed by atoms with van der Waals surface area (Å²) in [5.74, 6) is -3.34. The van der Waals surface area contributed by atoms with Crippen LogP contribution in [0.2, 0.25) is 18.1 Å². The van der Waals surface area contributed by atoms with Gasteiger partial charge < -0.3 is 19.4 Å². The SMILES string of the molecule is CC[C@@]1(O[Si](CC)(CC)CC)C=Cc2c(cc3c(c2O)C(=O)c2c(O)cccc2C3=O)[C@H]1C(=O)OC. The van der Waals surface area contributed by atoms with Crippen LogP contribution in [0, 0.1) is 0 Å². The van der Waals surface area contributed by atoms with E-state index in [-0.39, 0.29) is 33.6 Å².